The van der Waals surface area contributed by atoms with Crippen molar-refractivity contribution in [3.05, 3.63) is 111 Å². The maximum atomic E-state index is 14.2. The summed E-state index contributed by atoms with van der Waals surface area (Å²) < 4.78 is 14.2. The highest BCUT2D eigenvalue weighted by Gasteiger charge is 2.25. The molecule has 2 heterocycles. The Morgan fingerprint density at radius 2 is 1.78 bits per heavy atom. The van der Waals surface area contributed by atoms with Crippen LogP contribution < -0.4 is 10.6 Å². The second-order valence-electron chi connectivity index (χ2n) is 7.70. The summed E-state index contributed by atoms with van der Waals surface area (Å²) >= 11 is 1.52. The van der Waals surface area contributed by atoms with Crippen LogP contribution in [0.15, 0.2) is 72.9 Å². The van der Waals surface area contributed by atoms with E-state index in [1.165, 1.54) is 23.5 Å². The number of hydrogen-bond acceptors (Lipinski definition) is 4. The third kappa shape index (κ3) is 4.70. The molecule has 0 unspecified atom stereocenters. The van der Waals surface area contributed by atoms with Gasteiger partial charge in [0.25, 0.3) is 5.91 Å². The molecule has 2 aromatic heterocycles. The van der Waals surface area contributed by atoms with Crippen LogP contribution in [0.2, 0.25) is 0 Å². The first-order chi connectivity index (χ1) is 15.4. The Morgan fingerprint density at radius 3 is 2.50 bits per heavy atom. The summed E-state index contributed by atoms with van der Waals surface area (Å²) in [4.78, 5) is 18.4. The Balaban J connectivity index is 1.79. The molecule has 32 heavy (non-hydrogen) atoms. The molecule has 0 bridgehead atoms. The minimum atomic E-state index is -0.393. The average Bonchev–Trinajstić information content (AvgIpc) is 3.05. The van der Waals surface area contributed by atoms with Crippen molar-refractivity contribution < 1.29 is 9.18 Å². The number of thiophene rings is 1. The monoisotopic (exact) mass is 445 g/mol. The molecular weight excluding hydrogens is 421 g/mol. The molecule has 0 aliphatic rings. The molecule has 0 aliphatic heterocycles. The molecule has 6 heteroatoms. The lowest BCUT2D eigenvalue weighted by Crippen LogP contribution is -2.18. The maximum absolute atomic E-state index is 14.2. The number of carbonyl (C=O) groups is 1. The highest BCUT2D eigenvalue weighted by atomic mass is 32.1. The van der Waals surface area contributed by atoms with Crippen molar-refractivity contribution in [3.63, 3.8) is 0 Å². The number of aromatic nitrogens is 1. The molecule has 1 amide bonds. The molecule has 4 aromatic rings. The van der Waals surface area contributed by atoms with Gasteiger partial charge in [0.05, 0.1) is 6.04 Å². The molecule has 1 atom stereocenters. The number of hydrogen-bond donors (Lipinski definition) is 2. The highest BCUT2D eigenvalue weighted by molar-refractivity contribution is 7.16. The number of carbonyl (C=O) groups excluding carboxylic acids is 1. The van der Waals surface area contributed by atoms with Crippen LogP contribution in [0.1, 0.15) is 43.5 Å². The van der Waals surface area contributed by atoms with Crippen molar-refractivity contribution in [2.24, 2.45) is 0 Å². The van der Waals surface area contributed by atoms with Gasteiger partial charge in [-0.15, -0.1) is 11.3 Å². The number of nitrogens with one attached hydrogen (secondary N) is 2. The van der Waals surface area contributed by atoms with Crippen LogP contribution in [0.3, 0.4) is 0 Å². The smallest absolute Gasteiger partial charge is 0.256 e. The van der Waals surface area contributed by atoms with Gasteiger partial charge in [0.1, 0.15) is 16.6 Å². The van der Waals surface area contributed by atoms with Crippen LogP contribution >= 0.6 is 11.3 Å². The Bertz CT molecular complexity index is 1250. The fourth-order valence-electron chi connectivity index (χ4n) is 3.62. The Morgan fingerprint density at radius 1 is 1.00 bits per heavy atom. The first kappa shape index (κ1) is 21.7. The minimum absolute atomic E-state index is 0.181. The largest absolute Gasteiger partial charge is 0.359 e. The van der Waals surface area contributed by atoms with E-state index >= 15 is 0 Å². The van der Waals surface area contributed by atoms with Crippen LogP contribution in [0.5, 0.6) is 0 Å². The van der Waals surface area contributed by atoms with Crippen molar-refractivity contribution in [2.45, 2.75) is 26.8 Å². The maximum Gasteiger partial charge on any atom is 0.256 e. The van der Waals surface area contributed by atoms with E-state index in [0.29, 0.717) is 11.4 Å². The van der Waals surface area contributed by atoms with E-state index in [0.717, 1.165) is 32.1 Å². The van der Waals surface area contributed by atoms with Crippen molar-refractivity contribution in [2.75, 3.05) is 10.6 Å². The van der Waals surface area contributed by atoms with Crippen LogP contribution in [0, 0.1) is 26.6 Å². The average molecular weight is 446 g/mol. The van der Waals surface area contributed by atoms with E-state index < -0.39 is 6.04 Å². The molecule has 0 radical (unpaired) electrons. The molecule has 0 saturated carbocycles. The summed E-state index contributed by atoms with van der Waals surface area (Å²) in [5.41, 5.74) is 4.36. The quantitative estimate of drug-likeness (QED) is 0.349. The zero-order valence-electron chi connectivity index (χ0n) is 18.1. The summed E-state index contributed by atoms with van der Waals surface area (Å²) in [7, 11) is 0. The molecule has 162 valence electrons. The van der Waals surface area contributed by atoms with Gasteiger partial charge in [-0.05, 0) is 73.9 Å². The van der Waals surface area contributed by atoms with E-state index in [-0.39, 0.29) is 11.7 Å². The summed E-state index contributed by atoms with van der Waals surface area (Å²) in [6.07, 6.45) is 1.74. The lowest BCUT2D eigenvalue weighted by atomic mass is 9.96. The predicted octanol–water partition coefficient (Wildman–Crippen LogP) is 6.66. The first-order valence-electron chi connectivity index (χ1n) is 10.3. The van der Waals surface area contributed by atoms with Gasteiger partial charge in [-0.1, -0.05) is 30.3 Å². The van der Waals surface area contributed by atoms with Gasteiger partial charge in [-0.25, -0.2) is 9.37 Å². The lowest BCUT2D eigenvalue weighted by Gasteiger charge is -2.22. The van der Waals surface area contributed by atoms with Gasteiger partial charge in [0.15, 0.2) is 0 Å². The van der Waals surface area contributed by atoms with E-state index in [1.807, 2.05) is 57.2 Å². The van der Waals surface area contributed by atoms with Crippen LogP contribution in [0.4, 0.5) is 15.2 Å². The van der Waals surface area contributed by atoms with E-state index in [9.17, 15) is 9.18 Å². The minimum Gasteiger partial charge on any atom is -0.359 e. The molecular formula is C26H24FN3OS. The van der Waals surface area contributed by atoms with Crippen molar-refractivity contribution in [3.8, 4) is 0 Å². The van der Waals surface area contributed by atoms with Gasteiger partial charge in [-0.2, -0.15) is 0 Å². The fourth-order valence-corrected chi connectivity index (χ4v) is 4.71. The molecule has 0 saturated heterocycles. The number of anilines is 2. The lowest BCUT2D eigenvalue weighted by molar-refractivity contribution is 0.102. The van der Waals surface area contributed by atoms with E-state index in [2.05, 4.69) is 15.6 Å². The molecule has 4 nitrogen and oxygen atoms in total. The number of amides is 1. The topological polar surface area (TPSA) is 54.0 Å². The zero-order valence-corrected chi connectivity index (χ0v) is 19.0. The zero-order chi connectivity index (χ0) is 22.7. The third-order valence-electron chi connectivity index (χ3n) is 5.37. The Labute approximate surface area is 191 Å². The second kappa shape index (κ2) is 9.32. The fraction of sp³-hybridized carbons (Fsp3) is 0.154. The van der Waals surface area contributed by atoms with E-state index in [1.54, 1.807) is 24.4 Å². The van der Waals surface area contributed by atoms with Gasteiger partial charge >= 0.3 is 0 Å². The molecule has 0 fully saturated rings. The van der Waals surface area contributed by atoms with Gasteiger partial charge in [-0.3, -0.25) is 4.79 Å². The predicted molar refractivity (Wildman–Crippen MR) is 129 cm³/mol. The Kier molecular flexibility index (Phi) is 6.32. The highest BCUT2D eigenvalue weighted by Crippen LogP contribution is 2.41. The summed E-state index contributed by atoms with van der Waals surface area (Å²) in [6.45, 7) is 6.04. The number of aryl methyl sites for hydroxylation is 2. The van der Waals surface area contributed by atoms with Crippen LogP contribution in [-0.2, 0) is 0 Å². The number of nitrogens with zero attached hydrogens (tertiary/aromatic N) is 1. The second-order valence-corrected chi connectivity index (χ2v) is 8.92. The number of halogens is 1. The molecule has 2 aromatic carbocycles. The molecule has 2 N–H and O–H groups in total. The first-order valence-corrected chi connectivity index (χ1v) is 11.1. The SMILES string of the molecule is Cc1ccnc(N[C@H](c2cccc(F)c2)c2c(NC(=O)c3ccccc3)sc(C)c2C)c1. The third-order valence-corrected chi connectivity index (χ3v) is 6.51. The van der Waals surface area contributed by atoms with Crippen molar-refractivity contribution in [1.29, 1.82) is 0 Å². The number of rotatable bonds is 6. The number of pyridine rings is 1. The van der Waals surface area contributed by atoms with Crippen LogP contribution in [-0.4, -0.2) is 10.9 Å². The summed E-state index contributed by atoms with van der Waals surface area (Å²) in [5, 5.41) is 7.28. The van der Waals surface area contributed by atoms with Crippen molar-refractivity contribution in [1.82, 2.24) is 4.98 Å². The summed E-state index contributed by atoms with van der Waals surface area (Å²) in [6, 6.07) is 19.1. The van der Waals surface area contributed by atoms with Crippen molar-refractivity contribution >= 4 is 28.1 Å². The summed E-state index contributed by atoms with van der Waals surface area (Å²) in [5.74, 6) is 0.189. The van der Waals surface area contributed by atoms with E-state index in [4.69, 9.17) is 0 Å². The standard InChI is InChI=1S/C26H24FN3OS/c1-16-12-13-28-22(14-16)29-24(20-10-7-11-21(27)15-20)23-17(2)18(3)32-26(23)30-25(31)19-8-5-4-6-9-19/h4-15,24H,1-3H3,(H,28,29)(H,30,31)/t24-/m1/s1. The normalized spacial score (nSPS) is 11.8. The number of benzene rings is 2. The molecule has 0 aliphatic carbocycles. The van der Waals surface area contributed by atoms with Gasteiger partial charge in [0, 0.05) is 22.2 Å². The van der Waals surface area contributed by atoms with Gasteiger partial charge < -0.3 is 10.6 Å². The molecule has 0 spiro atoms. The van der Waals surface area contributed by atoms with Gasteiger partial charge in [0.2, 0.25) is 0 Å². The molecule has 4 rings (SSSR count). The Hall–Kier alpha value is -3.51. The van der Waals surface area contributed by atoms with Crippen LogP contribution in [0.25, 0.3) is 0 Å².